The Bertz CT molecular complexity index is 831. The van der Waals surface area contributed by atoms with Crippen LogP contribution in [0.15, 0.2) is 61.2 Å². The summed E-state index contributed by atoms with van der Waals surface area (Å²) in [5.74, 6) is 1.64. The van der Waals surface area contributed by atoms with Crippen LogP contribution in [0.1, 0.15) is 57.8 Å². The monoisotopic (exact) mass is 460 g/mol. The molecule has 5 nitrogen and oxygen atoms in total. The van der Waals surface area contributed by atoms with Gasteiger partial charge in [-0.3, -0.25) is 4.57 Å². The van der Waals surface area contributed by atoms with Crippen molar-refractivity contribution in [3.05, 3.63) is 61.2 Å². The number of hydrogen-bond donors (Lipinski definition) is 2. The van der Waals surface area contributed by atoms with Crippen molar-refractivity contribution in [1.82, 2.24) is 0 Å². The number of ether oxygens (including phenoxy) is 2. The zero-order valence-corrected chi connectivity index (χ0v) is 19.8. The minimum Gasteiger partial charge on any atom is -0.493 e. The zero-order chi connectivity index (χ0) is 23.1. The molecular weight excluding hydrogens is 423 g/mol. The highest BCUT2D eigenvalue weighted by Crippen LogP contribution is 2.39. The summed E-state index contributed by atoms with van der Waals surface area (Å²) in [7, 11) is -3.88. The Labute approximate surface area is 192 Å². The van der Waals surface area contributed by atoms with Gasteiger partial charge in [-0.05, 0) is 49.8 Å². The molecule has 0 saturated heterocycles. The summed E-state index contributed by atoms with van der Waals surface area (Å²) >= 11 is 0. The van der Waals surface area contributed by atoms with Crippen molar-refractivity contribution in [3.63, 3.8) is 0 Å². The van der Waals surface area contributed by atoms with E-state index < -0.39 is 7.60 Å². The van der Waals surface area contributed by atoms with Gasteiger partial charge in [-0.2, -0.15) is 0 Å². The number of rotatable bonds is 17. The normalized spacial score (nSPS) is 11.3. The Morgan fingerprint density at radius 1 is 0.750 bits per heavy atom. The number of hydrogen-bond acceptors (Lipinski definition) is 3. The van der Waals surface area contributed by atoms with Crippen LogP contribution in [-0.2, 0) is 4.57 Å². The molecule has 2 rings (SSSR count). The van der Waals surface area contributed by atoms with Crippen molar-refractivity contribution in [2.24, 2.45) is 0 Å². The van der Waals surface area contributed by atoms with Gasteiger partial charge < -0.3 is 19.3 Å². The number of unbranched alkanes of at least 4 members (excludes halogenated alkanes) is 7. The molecule has 0 heterocycles. The van der Waals surface area contributed by atoms with E-state index in [1.54, 1.807) is 0 Å². The summed E-state index contributed by atoms with van der Waals surface area (Å²) in [4.78, 5) is 17.9. The smallest absolute Gasteiger partial charge is 0.325 e. The van der Waals surface area contributed by atoms with Gasteiger partial charge in [0.15, 0.2) is 0 Å². The predicted molar refractivity (Wildman–Crippen MR) is 132 cm³/mol. The fourth-order valence-electron chi connectivity index (χ4n) is 3.52. The standard InChI is InChI=1S/C26H37O5P/c1-2-3-4-5-6-12-20-30-24-18-15-19-25(26(24)23-16-10-9-11-17-23)31-21-13-7-8-14-22-32(27,28)29/h2,9-11,15-19H,1,3-8,12-14,20-22H2,(H2,27,28,29). The van der Waals surface area contributed by atoms with Crippen LogP contribution in [0.3, 0.4) is 0 Å². The Balaban J connectivity index is 1.91. The lowest BCUT2D eigenvalue weighted by Crippen LogP contribution is -2.03. The SMILES string of the molecule is C=CCCCCCCOc1cccc(OCCCCCCP(=O)(O)O)c1-c1ccccc1. The molecule has 0 aliphatic rings. The van der Waals surface area contributed by atoms with Crippen LogP contribution < -0.4 is 9.47 Å². The number of benzene rings is 2. The van der Waals surface area contributed by atoms with Crippen molar-refractivity contribution < 1.29 is 23.8 Å². The van der Waals surface area contributed by atoms with Crippen LogP contribution in [0.5, 0.6) is 11.5 Å². The molecule has 2 N–H and O–H groups in total. The Morgan fingerprint density at radius 3 is 1.88 bits per heavy atom. The van der Waals surface area contributed by atoms with Crippen LogP contribution in [0.25, 0.3) is 11.1 Å². The molecule has 0 unspecified atom stereocenters. The highest BCUT2D eigenvalue weighted by Gasteiger charge is 2.14. The molecule has 32 heavy (non-hydrogen) atoms. The summed E-state index contributed by atoms with van der Waals surface area (Å²) in [5.41, 5.74) is 2.03. The molecular formula is C26H37O5P. The molecule has 0 fully saturated rings. The van der Waals surface area contributed by atoms with E-state index in [1.807, 2.05) is 42.5 Å². The van der Waals surface area contributed by atoms with E-state index in [2.05, 4.69) is 18.7 Å². The first-order chi connectivity index (χ1) is 15.5. The molecule has 0 aliphatic carbocycles. The van der Waals surface area contributed by atoms with Gasteiger partial charge in [0, 0.05) is 6.16 Å². The molecule has 0 aliphatic heterocycles. The topological polar surface area (TPSA) is 76.0 Å². The van der Waals surface area contributed by atoms with Gasteiger partial charge in [0.05, 0.1) is 18.8 Å². The van der Waals surface area contributed by atoms with E-state index in [0.29, 0.717) is 19.6 Å². The molecule has 0 bridgehead atoms. The van der Waals surface area contributed by atoms with Gasteiger partial charge in [-0.25, -0.2) is 0 Å². The van der Waals surface area contributed by atoms with E-state index in [-0.39, 0.29) is 6.16 Å². The fourth-order valence-corrected chi connectivity index (χ4v) is 4.16. The Morgan fingerprint density at radius 2 is 1.31 bits per heavy atom. The summed E-state index contributed by atoms with van der Waals surface area (Å²) in [5, 5.41) is 0. The third-order valence-corrected chi connectivity index (χ3v) is 6.11. The molecule has 0 saturated carbocycles. The maximum absolute atomic E-state index is 10.9. The number of allylic oxidation sites excluding steroid dienone is 1. The second kappa shape index (κ2) is 14.9. The van der Waals surface area contributed by atoms with Crippen molar-refractivity contribution >= 4 is 7.60 Å². The van der Waals surface area contributed by atoms with E-state index in [9.17, 15) is 4.57 Å². The average molecular weight is 461 g/mol. The zero-order valence-electron chi connectivity index (χ0n) is 19.0. The van der Waals surface area contributed by atoms with E-state index in [1.165, 1.54) is 12.8 Å². The molecule has 0 amide bonds. The van der Waals surface area contributed by atoms with Crippen molar-refractivity contribution in [2.75, 3.05) is 19.4 Å². The van der Waals surface area contributed by atoms with Crippen LogP contribution in [0.2, 0.25) is 0 Å². The summed E-state index contributed by atoms with van der Waals surface area (Å²) in [6, 6.07) is 16.1. The lowest BCUT2D eigenvalue weighted by atomic mass is 10.0. The van der Waals surface area contributed by atoms with E-state index in [4.69, 9.17) is 19.3 Å². The molecule has 0 atom stereocenters. The van der Waals surface area contributed by atoms with Gasteiger partial charge in [0.25, 0.3) is 0 Å². The van der Waals surface area contributed by atoms with Crippen LogP contribution in [-0.4, -0.2) is 29.2 Å². The lowest BCUT2D eigenvalue weighted by molar-refractivity contribution is 0.292. The maximum atomic E-state index is 10.9. The highest BCUT2D eigenvalue weighted by atomic mass is 31.2. The van der Waals surface area contributed by atoms with E-state index >= 15 is 0 Å². The highest BCUT2D eigenvalue weighted by molar-refractivity contribution is 7.51. The average Bonchev–Trinajstić information content (AvgIpc) is 2.78. The summed E-state index contributed by atoms with van der Waals surface area (Å²) in [6.07, 6.45) is 10.6. The second-order valence-corrected chi connectivity index (χ2v) is 9.76. The first-order valence-corrected chi connectivity index (χ1v) is 13.4. The fraction of sp³-hybridized carbons (Fsp3) is 0.462. The molecule has 176 valence electrons. The van der Waals surface area contributed by atoms with Gasteiger partial charge in [0.1, 0.15) is 11.5 Å². The van der Waals surface area contributed by atoms with E-state index in [0.717, 1.165) is 61.2 Å². The molecule has 0 aromatic heterocycles. The van der Waals surface area contributed by atoms with Gasteiger partial charge >= 0.3 is 7.60 Å². The summed E-state index contributed by atoms with van der Waals surface area (Å²) < 4.78 is 23.2. The lowest BCUT2D eigenvalue weighted by Gasteiger charge is -2.17. The molecule has 6 heteroatoms. The molecule has 2 aromatic rings. The first-order valence-electron chi connectivity index (χ1n) is 11.6. The maximum Gasteiger partial charge on any atom is 0.325 e. The Kier molecular flexibility index (Phi) is 12.2. The van der Waals surface area contributed by atoms with Gasteiger partial charge in [-0.15, -0.1) is 6.58 Å². The first kappa shape index (κ1) is 26.2. The third-order valence-electron chi connectivity index (χ3n) is 5.21. The Hall–Kier alpha value is -2.07. The minimum atomic E-state index is -3.88. The molecule has 2 aromatic carbocycles. The third kappa shape index (κ3) is 10.5. The summed E-state index contributed by atoms with van der Waals surface area (Å²) in [6.45, 7) is 5.00. The van der Waals surface area contributed by atoms with Gasteiger partial charge in [0.2, 0.25) is 0 Å². The van der Waals surface area contributed by atoms with Crippen molar-refractivity contribution in [1.29, 1.82) is 0 Å². The predicted octanol–water partition coefficient (Wildman–Crippen LogP) is 6.99. The quantitative estimate of drug-likeness (QED) is 0.151. The molecule has 0 radical (unpaired) electrons. The van der Waals surface area contributed by atoms with Crippen LogP contribution >= 0.6 is 7.60 Å². The van der Waals surface area contributed by atoms with Crippen LogP contribution in [0.4, 0.5) is 0 Å². The minimum absolute atomic E-state index is 0.0420. The van der Waals surface area contributed by atoms with Crippen molar-refractivity contribution in [3.8, 4) is 22.6 Å². The largest absolute Gasteiger partial charge is 0.493 e. The second-order valence-electron chi connectivity index (χ2n) is 7.99. The molecule has 0 spiro atoms. The van der Waals surface area contributed by atoms with Crippen molar-refractivity contribution in [2.45, 2.75) is 57.8 Å². The van der Waals surface area contributed by atoms with Crippen LogP contribution in [0, 0.1) is 0 Å². The van der Waals surface area contributed by atoms with Gasteiger partial charge in [-0.1, -0.05) is 68.2 Å².